The van der Waals surface area contributed by atoms with Gasteiger partial charge in [-0.2, -0.15) is 0 Å². The molecule has 1 unspecified atom stereocenters. The fraction of sp³-hybridized carbons (Fsp3) is 0.467. The van der Waals surface area contributed by atoms with Crippen LogP contribution in [0.15, 0.2) is 55.6 Å². The maximum atomic E-state index is 13.9. The van der Waals surface area contributed by atoms with Crippen molar-refractivity contribution in [3.8, 4) is 0 Å². The molecule has 1 aromatic carbocycles. The second-order valence-electron chi connectivity index (χ2n) is 12.2. The summed E-state index contributed by atoms with van der Waals surface area (Å²) in [6.45, 7) is -2.44. The third-order valence-corrected chi connectivity index (χ3v) is 11.3. The van der Waals surface area contributed by atoms with Gasteiger partial charge in [-0.1, -0.05) is 30.3 Å². The average Bonchev–Trinajstić information content (AvgIpc) is 3.91. The summed E-state index contributed by atoms with van der Waals surface area (Å²) in [6, 6.07) is 10.00. The number of nitrogens with one attached hydrogen (secondary N) is 1. The molecule has 8 rings (SSSR count). The van der Waals surface area contributed by atoms with Crippen molar-refractivity contribution in [3.05, 3.63) is 66.9 Å². The number of ether oxygens (including phenoxy) is 2. The van der Waals surface area contributed by atoms with Crippen molar-refractivity contribution in [1.29, 1.82) is 0 Å². The Bertz CT molecular complexity index is 2200. The summed E-state index contributed by atoms with van der Waals surface area (Å²) < 4.78 is 53.1. The Morgan fingerprint density at radius 1 is 0.849 bits per heavy atom. The Labute approximate surface area is 308 Å². The van der Waals surface area contributed by atoms with Crippen LogP contribution in [0, 0.1) is 0 Å². The zero-order chi connectivity index (χ0) is 36.9. The van der Waals surface area contributed by atoms with Crippen molar-refractivity contribution in [3.63, 3.8) is 0 Å². The predicted octanol–water partition coefficient (Wildman–Crippen LogP) is 0.907. The lowest BCUT2D eigenvalue weighted by Gasteiger charge is -2.29. The molecule has 53 heavy (non-hydrogen) atoms. The molecule has 0 saturated carbocycles. The number of hydrogen-bond donors (Lipinski definition) is 4. The van der Waals surface area contributed by atoms with E-state index in [0.717, 1.165) is 17.7 Å². The minimum atomic E-state index is -4.15. The van der Waals surface area contributed by atoms with Crippen LogP contribution in [0.2, 0.25) is 0 Å². The van der Waals surface area contributed by atoms with E-state index in [1.54, 1.807) is 4.57 Å². The standard InChI is InChI=1S/C30H37BN9O10P2S/c1-2-32-26-21-28(36-13-34-26)40(15-38-21)30-25-22(41)18(47-30)10-45-51(31,43)49-24-19(11-46-52(44,53)50-25)48-29(23(24)42)39-14-37-20-17(33-12-35-27(20)39)9-8-16-6-4-3-5-7-16/h3-7,12-15,18-19,22-25,29-30,41-42H,2,8-11H2,1,31H3,(H,44,53)(H,32,34,36)/q-1/t18-,19-,22-,23-,24-,25-,29-,30-,51+,52?/m1/s1. The number of aryl methyl sites for hydroxylation is 2. The molecule has 0 spiro atoms. The maximum absolute atomic E-state index is 13.9. The third-order valence-electron chi connectivity index (χ3n) is 9.01. The first kappa shape index (κ1) is 36.7. The van der Waals surface area contributed by atoms with E-state index >= 15 is 0 Å². The van der Waals surface area contributed by atoms with Gasteiger partial charge in [0.1, 0.15) is 62.3 Å². The Hall–Kier alpha value is -3.30. The molecule has 10 atom stereocenters. The zero-order valence-corrected chi connectivity index (χ0v) is 30.0. The highest BCUT2D eigenvalue weighted by Crippen LogP contribution is 2.53. The fourth-order valence-corrected chi connectivity index (χ4v) is 8.74. The fourth-order valence-electron chi connectivity index (χ4n) is 6.54. The van der Waals surface area contributed by atoms with Crippen molar-refractivity contribution in [2.45, 2.75) is 68.8 Å². The predicted molar refractivity (Wildman–Crippen MR) is 194 cm³/mol. The molecule has 3 aliphatic rings. The number of hydrogen-bond acceptors (Lipinski definition) is 17. The van der Waals surface area contributed by atoms with Gasteiger partial charge in [-0.15, -0.1) is 0 Å². The topological polar surface area (TPSA) is 232 Å². The van der Waals surface area contributed by atoms with Gasteiger partial charge in [0.05, 0.1) is 39.1 Å². The lowest BCUT2D eigenvalue weighted by Crippen LogP contribution is -2.36. The highest BCUT2D eigenvalue weighted by molar-refractivity contribution is 8.07. The van der Waals surface area contributed by atoms with Gasteiger partial charge >= 0.3 is 6.72 Å². The van der Waals surface area contributed by atoms with Gasteiger partial charge in [0.25, 0.3) is 0 Å². The van der Waals surface area contributed by atoms with E-state index in [4.69, 9.17) is 39.4 Å². The highest BCUT2D eigenvalue weighted by atomic mass is 32.5. The number of nitrogens with zero attached hydrogens (tertiary/aromatic N) is 8. The van der Waals surface area contributed by atoms with E-state index in [1.165, 1.54) is 29.9 Å². The molecule has 4 N–H and O–H groups in total. The summed E-state index contributed by atoms with van der Waals surface area (Å²) in [6.07, 6.45) is -2.65. The van der Waals surface area contributed by atoms with Crippen LogP contribution in [-0.4, -0.2) is 118 Å². The molecule has 3 fully saturated rings. The second kappa shape index (κ2) is 14.7. The van der Waals surface area contributed by atoms with Crippen LogP contribution < -0.4 is 5.32 Å². The molecule has 23 heteroatoms. The first-order valence-corrected chi connectivity index (χ1v) is 20.1. The van der Waals surface area contributed by atoms with Gasteiger partial charge < -0.3 is 48.0 Å². The molecular formula is C30H37BN9O10P2S-. The number of imidazole rings is 2. The molecule has 0 radical (unpaired) electrons. The molecule has 5 aromatic rings. The summed E-state index contributed by atoms with van der Waals surface area (Å²) in [5.74, 6) is 0.495. The van der Waals surface area contributed by atoms with Gasteiger partial charge in [-0.3, -0.25) is 13.7 Å². The Balaban J connectivity index is 1.06. The van der Waals surface area contributed by atoms with Crippen LogP contribution in [0.1, 0.15) is 30.6 Å². The summed E-state index contributed by atoms with van der Waals surface area (Å²) in [7, 11) is -4.91. The summed E-state index contributed by atoms with van der Waals surface area (Å²) >= 11 is 5.42. The number of anilines is 1. The normalized spacial score (nSPS) is 33.7. The van der Waals surface area contributed by atoms with Crippen LogP contribution in [0.5, 0.6) is 0 Å². The molecule has 0 amide bonds. The molecule has 0 aliphatic carbocycles. The average molecular weight is 789 g/mol. The van der Waals surface area contributed by atoms with Crippen molar-refractivity contribution in [2.24, 2.45) is 0 Å². The van der Waals surface area contributed by atoms with Gasteiger partial charge in [0.15, 0.2) is 35.1 Å². The van der Waals surface area contributed by atoms with Gasteiger partial charge in [-0.05, 0) is 37.1 Å². The summed E-state index contributed by atoms with van der Waals surface area (Å²) in [5, 5.41) is 26.2. The van der Waals surface area contributed by atoms with Gasteiger partial charge in [0, 0.05) is 6.54 Å². The Morgan fingerprint density at radius 2 is 1.53 bits per heavy atom. The van der Waals surface area contributed by atoms with Crippen molar-refractivity contribution in [1.82, 2.24) is 39.0 Å². The monoisotopic (exact) mass is 788 g/mol. The number of aliphatic hydroxyl groups excluding tert-OH is 2. The minimum Gasteiger partial charge on any atom is -0.387 e. The first-order chi connectivity index (χ1) is 25.5. The molecule has 3 saturated heterocycles. The van der Waals surface area contributed by atoms with E-state index in [9.17, 15) is 19.7 Å². The lowest BCUT2D eigenvalue weighted by molar-refractivity contribution is -0.0595. The van der Waals surface area contributed by atoms with Crippen LogP contribution >= 0.6 is 14.2 Å². The van der Waals surface area contributed by atoms with E-state index in [1.807, 2.05) is 37.3 Å². The van der Waals surface area contributed by atoms with E-state index < -0.39 is 77.4 Å². The first-order valence-electron chi connectivity index (χ1n) is 16.4. The second-order valence-corrected chi connectivity index (χ2v) is 15.9. The molecule has 282 valence electrons. The molecule has 4 aromatic heterocycles. The number of fused-ring (bicyclic) bond motifs is 5. The van der Waals surface area contributed by atoms with Crippen LogP contribution in [0.3, 0.4) is 0 Å². The van der Waals surface area contributed by atoms with E-state index in [2.05, 4.69) is 35.2 Å². The van der Waals surface area contributed by atoms with Crippen LogP contribution in [-0.2, 0) is 56.8 Å². The van der Waals surface area contributed by atoms with Crippen molar-refractivity contribution < 1.29 is 47.2 Å². The quantitative estimate of drug-likeness (QED) is 0.133. The number of aromatic nitrogens is 8. The van der Waals surface area contributed by atoms with E-state index in [-0.39, 0.29) is 6.61 Å². The third kappa shape index (κ3) is 7.29. The van der Waals surface area contributed by atoms with Crippen LogP contribution in [0.4, 0.5) is 5.82 Å². The highest BCUT2D eigenvalue weighted by Gasteiger charge is 2.52. The molecule has 19 nitrogen and oxygen atoms in total. The summed E-state index contributed by atoms with van der Waals surface area (Å²) in [5.41, 5.74) is 3.63. The SMILES string of the molecule is [BH3-][P@]1(=O)OC[C@H]2O[C@@H](n3cnc4c(NCC)ncnc43)[C@H](OP(O)(=S)OC[C@H]3O[C@@H](n4cnc5c(CCc6ccccc6)ncnc54)[C@H](O)[C@@H]3O1)[C@@H]2O. The minimum absolute atomic E-state index is 0.357. The van der Waals surface area contributed by atoms with Gasteiger partial charge in [0.2, 0.25) is 0 Å². The number of aliphatic hydroxyl groups is 2. The van der Waals surface area contributed by atoms with Crippen molar-refractivity contribution >= 4 is 61.7 Å². The van der Waals surface area contributed by atoms with E-state index in [0.29, 0.717) is 41.1 Å². The maximum Gasteiger partial charge on any atom is 0.325 e. The van der Waals surface area contributed by atoms with Crippen LogP contribution in [0.25, 0.3) is 22.3 Å². The Kier molecular flexibility index (Phi) is 10.2. The smallest absolute Gasteiger partial charge is 0.325 e. The van der Waals surface area contributed by atoms with Gasteiger partial charge in [-0.25, -0.2) is 29.9 Å². The molecule has 3 aliphatic heterocycles. The lowest BCUT2D eigenvalue weighted by atomic mass is 10.1. The zero-order valence-electron chi connectivity index (χ0n) is 27.4. The molecular weight excluding hydrogens is 751 g/mol. The molecule has 2 bridgehead atoms. The molecule has 7 heterocycles. The Morgan fingerprint density at radius 3 is 2.30 bits per heavy atom. The summed E-state index contributed by atoms with van der Waals surface area (Å²) in [4.78, 5) is 37.8. The number of benzene rings is 1. The largest absolute Gasteiger partial charge is 0.387 e. The number of rotatable bonds is 7. The van der Waals surface area contributed by atoms with Crippen molar-refractivity contribution in [2.75, 3.05) is 25.1 Å².